The van der Waals surface area contributed by atoms with E-state index in [0.717, 1.165) is 17.1 Å². The van der Waals surface area contributed by atoms with Crippen molar-refractivity contribution < 1.29 is 0 Å². The van der Waals surface area contributed by atoms with Crippen molar-refractivity contribution >= 4 is 11.3 Å². The summed E-state index contributed by atoms with van der Waals surface area (Å²) >= 11 is 1.70. The number of aryl methyl sites for hydroxylation is 2. The molecule has 0 radical (unpaired) electrons. The Kier molecular flexibility index (Phi) is 2.10. The van der Waals surface area contributed by atoms with Gasteiger partial charge < -0.3 is 0 Å². The average molecular weight is 190 g/mol. The lowest BCUT2D eigenvalue weighted by Crippen LogP contribution is -1.92. The van der Waals surface area contributed by atoms with Crippen molar-refractivity contribution in [3.63, 3.8) is 0 Å². The molecule has 0 aliphatic rings. The molecular weight excluding hydrogens is 180 g/mol. The Morgan fingerprint density at radius 1 is 1.31 bits per heavy atom. The highest BCUT2D eigenvalue weighted by molar-refractivity contribution is 7.13. The average Bonchev–Trinajstić information content (AvgIpc) is 2.61. The van der Waals surface area contributed by atoms with E-state index in [-0.39, 0.29) is 0 Å². The molecule has 2 nitrogen and oxygen atoms in total. The van der Waals surface area contributed by atoms with E-state index in [0.29, 0.717) is 0 Å². The fraction of sp³-hybridized carbons (Fsp3) is 0.200. The van der Waals surface area contributed by atoms with Gasteiger partial charge in [-0.15, -0.1) is 11.3 Å². The molecule has 66 valence electrons. The van der Waals surface area contributed by atoms with E-state index in [1.54, 1.807) is 17.5 Å². The van der Waals surface area contributed by atoms with Gasteiger partial charge >= 0.3 is 0 Å². The highest BCUT2D eigenvalue weighted by Gasteiger charge is 2.05. The lowest BCUT2D eigenvalue weighted by molar-refractivity contribution is 1.07. The fourth-order valence-corrected chi connectivity index (χ4v) is 1.95. The summed E-state index contributed by atoms with van der Waals surface area (Å²) in [5, 5.41) is 2.05. The van der Waals surface area contributed by atoms with E-state index in [1.165, 1.54) is 4.88 Å². The van der Waals surface area contributed by atoms with E-state index in [1.807, 2.05) is 19.9 Å². The van der Waals surface area contributed by atoms with E-state index in [4.69, 9.17) is 0 Å². The van der Waals surface area contributed by atoms with Crippen molar-refractivity contribution in [1.29, 1.82) is 0 Å². The summed E-state index contributed by atoms with van der Waals surface area (Å²) in [6.07, 6.45) is 1.80. The van der Waals surface area contributed by atoms with Crippen LogP contribution in [0.4, 0.5) is 0 Å². The Morgan fingerprint density at radius 2 is 2.15 bits per heavy atom. The summed E-state index contributed by atoms with van der Waals surface area (Å²) in [6, 6.07) is 4.10. The Labute approximate surface area is 81.3 Å². The molecule has 0 aliphatic carbocycles. The van der Waals surface area contributed by atoms with Crippen molar-refractivity contribution in [3.8, 4) is 10.6 Å². The predicted molar refractivity (Wildman–Crippen MR) is 54.8 cm³/mol. The van der Waals surface area contributed by atoms with E-state index in [9.17, 15) is 0 Å². The number of aromatic nitrogens is 2. The summed E-state index contributed by atoms with van der Waals surface area (Å²) in [5.41, 5.74) is 2.97. The van der Waals surface area contributed by atoms with Crippen LogP contribution < -0.4 is 0 Å². The summed E-state index contributed by atoms with van der Waals surface area (Å²) in [5.74, 6) is 0. The zero-order valence-corrected chi connectivity index (χ0v) is 8.43. The highest BCUT2D eigenvalue weighted by Crippen LogP contribution is 2.24. The van der Waals surface area contributed by atoms with Crippen LogP contribution in [-0.4, -0.2) is 9.97 Å². The molecular formula is C10H10N2S. The number of hydrogen-bond donors (Lipinski definition) is 0. The van der Waals surface area contributed by atoms with Gasteiger partial charge in [-0.3, -0.25) is 4.98 Å². The van der Waals surface area contributed by atoms with Crippen LogP contribution in [0.25, 0.3) is 10.6 Å². The molecule has 2 aromatic rings. The summed E-state index contributed by atoms with van der Waals surface area (Å²) in [7, 11) is 0. The van der Waals surface area contributed by atoms with Crippen LogP contribution in [0.15, 0.2) is 23.7 Å². The fourth-order valence-electron chi connectivity index (χ4n) is 1.18. The minimum atomic E-state index is 0.967. The highest BCUT2D eigenvalue weighted by atomic mass is 32.1. The quantitative estimate of drug-likeness (QED) is 0.691. The van der Waals surface area contributed by atoms with Crippen molar-refractivity contribution in [1.82, 2.24) is 9.97 Å². The van der Waals surface area contributed by atoms with Crippen LogP contribution in [-0.2, 0) is 0 Å². The van der Waals surface area contributed by atoms with Crippen LogP contribution in [0.2, 0.25) is 0 Å². The summed E-state index contributed by atoms with van der Waals surface area (Å²) in [4.78, 5) is 9.93. The second kappa shape index (κ2) is 3.26. The van der Waals surface area contributed by atoms with E-state index >= 15 is 0 Å². The molecule has 0 fully saturated rings. The monoisotopic (exact) mass is 190 g/mol. The van der Waals surface area contributed by atoms with Gasteiger partial charge in [-0.1, -0.05) is 6.07 Å². The van der Waals surface area contributed by atoms with Crippen LogP contribution in [0.1, 0.15) is 11.4 Å². The van der Waals surface area contributed by atoms with Crippen LogP contribution in [0.3, 0.4) is 0 Å². The molecule has 0 saturated carbocycles. The Balaban J connectivity index is 2.57. The Morgan fingerprint density at radius 3 is 2.85 bits per heavy atom. The predicted octanol–water partition coefficient (Wildman–Crippen LogP) is 2.82. The molecule has 0 N–H and O–H groups in total. The second-order valence-electron chi connectivity index (χ2n) is 2.92. The molecule has 0 aromatic carbocycles. The standard InChI is InChI=1S/C10H10N2S/c1-7-6-11-8(2)10(12-7)9-4-3-5-13-9/h3-6H,1-2H3. The van der Waals surface area contributed by atoms with Gasteiger partial charge in [0.2, 0.25) is 0 Å². The maximum Gasteiger partial charge on any atom is 0.102 e. The first-order valence-corrected chi connectivity index (χ1v) is 4.99. The molecule has 0 atom stereocenters. The van der Waals surface area contributed by atoms with E-state index < -0.39 is 0 Å². The van der Waals surface area contributed by atoms with Gasteiger partial charge in [-0.2, -0.15) is 0 Å². The van der Waals surface area contributed by atoms with Crippen LogP contribution >= 0.6 is 11.3 Å². The number of rotatable bonds is 1. The maximum atomic E-state index is 4.46. The van der Waals surface area contributed by atoms with E-state index in [2.05, 4.69) is 21.4 Å². The zero-order chi connectivity index (χ0) is 9.26. The Bertz CT molecular complexity index is 407. The number of hydrogen-bond acceptors (Lipinski definition) is 3. The number of thiophene rings is 1. The first-order valence-electron chi connectivity index (χ1n) is 4.11. The van der Waals surface area contributed by atoms with Gasteiger partial charge in [0.25, 0.3) is 0 Å². The van der Waals surface area contributed by atoms with Crippen molar-refractivity contribution in [2.24, 2.45) is 0 Å². The smallest absolute Gasteiger partial charge is 0.102 e. The molecule has 0 spiro atoms. The van der Waals surface area contributed by atoms with Gasteiger partial charge in [0, 0.05) is 6.20 Å². The molecule has 0 amide bonds. The molecule has 2 rings (SSSR count). The summed E-state index contributed by atoms with van der Waals surface area (Å²) in [6.45, 7) is 3.95. The maximum absolute atomic E-state index is 4.46. The van der Waals surface area contributed by atoms with Crippen molar-refractivity contribution in [2.75, 3.05) is 0 Å². The summed E-state index contributed by atoms with van der Waals surface area (Å²) < 4.78 is 0. The third kappa shape index (κ3) is 1.60. The van der Waals surface area contributed by atoms with Gasteiger partial charge in [0.1, 0.15) is 5.69 Å². The normalized spacial score (nSPS) is 10.3. The van der Waals surface area contributed by atoms with Gasteiger partial charge in [0.05, 0.1) is 16.3 Å². The lowest BCUT2D eigenvalue weighted by atomic mass is 10.2. The SMILES string of the molecule is Cc1cnc(C)c(-c2cccs2)n1. The van der Waals surface area contributed by atoms with Gasteiger partial charge in [-0.05, 0) is 25.3 Å². The molecule has 0 aliphatic heterocycles. The first-order chi connectivity index (χ1) is 6.27. The molecule has 0 saturated heterocycles. The minimum absolute atomic E-state index is 0.967. The molecule has 3 heteroatoms. The van der Waals surface area contributed by atoms with Crippen molar-refractivity contribution in [3.05, 3.63) is 35.1 Å². The molecule has 2 aromatic heterocycles. The molecule has 0 bridgehead atoms. The van der Waals surface area contributed by atoms with Gasteiger partial charge in [-0.25, -0.2) is 4.98 Å². The number of nitrogens with zero attached hydrogens (tertiary/aromatic N) is 2. The van der Waals surface area contributed by atoms with Crippen molar-refractivity contribution in [2.45, 2.75) is 13.8 Å². The topological polar surface area (TPSA) is 25.8 Å². The second-order valence-corrected chi connectivity index (χ2v) is 3.87. The third-order valence-corrected chi connectivity index (χ3v) is 2.71. The molecule has 13 heavy (non-hydrogen) atoms. The lowest BCUT2D eigenvalue weighted by Gasteiger charge is -2.01. The first kappa shape index (κ1) is 8.38. The molecule has 2 heterocycles. The molecule has 0 unspecified atom stereocenters. The zero-order valence-electron chi connectivity index (χ0n) is 7.61. The van der Waals surface area contributed by atoms with Gasteiger partial charge in [0.15, 0.2) is 0 Å². The largest absolute Gasteiger partial charge is 0.257 e. The third-order valence-electron chi connectivity index (χ3n) is 1.83. The Hall–Kier alpha value is -1.22. The van der Waals surface area contributed by atoms with Crippen LogP contribution in [0, 0.1) is 13.8 Å². The van der Waals surface area contributed by atoms with Crippen LogP contribution in [0.5, 0.6) is 0 Å². The minimum Gasteiger partial charge on any atom is -0.257 e.